The second-order valence-electron chi connectivity index (χ2n) is 4.34. The molecule has 106 valence electrons. The number of rotatable bonds is 4. The van der Waals surface area contributed by atoms with Crippen molar-refractivity contribution in [2.45, 2.75) is 6.92 Å². The lowest BCUT2D eigenvalue weighted by Gasteiger charge is -2.21. The Bertz CT molecular complexity index is 709. The quantitative estimate of drug-likeness (QED) is 0.784. The van der Waals surface area contributed by atoms with Crippen LogP contribution in [0, 0.1) is 0 Å². The molecule has 2 N–H and O–H groups in total. The van der Waals surface area contributed by atoms with E-state index < -0.39 is 0 Å². The molecule has 0 radical (unpaired) electrons. The lowest BCUT2D eigenvalue weighted by molar-refractivity contribution is 0.866. The van der Waals surface area contributed by atoms with Gasteiger partial charge in [0.05, 0.1) is 0 Å². The number of hydrogen-bond donors (Lipinski definition) is 1. The summed E-state index contributed by atoms with van der Waals surface area (Å²) in [5.74, 6) is 1.14. The smallest absolute Gasteiger partial charge is 0.241 e. The van der Waals surface area contributed by atoms with Crippen LogP contribution in [0.1, 0.15) is 6.92 Å². The molecule has 2 heterocycles. The molecule has 0 unspecified atom stereocenters. The van der Waals surface area contributed by atoms with E-state index in [1.165, 1.54) is 0 Å². The molecule has 0 aliphatic carbocycles. The van der Waals surface area contributed by atoms with Crippen molar-refractivity contribution in [1.82, 2.24) is 24.5 Å². The zero-order valence-electron chi connectivity index (χ0n) is 11.6. The maximum absolute atomic E-state index is 5.81. The number of aromatic nitrogens is 5. The van der Waals surface area contributed by atoms with Crippen molar-refractivity contribution in [2.75, 3.05) is 17.2 Å². The molecule has 0 saturated carbocycles. The Balaban J connectivity index is 2.05. The van der Waals surface area contributed by atoms with Crippen LogP contribution in [-0.2, 0) is 0 Å². The van der Waals surface area contributed by atoms with Gasteiger partial charge in [0.25, 0.3) is 0 Å². The highest BCUT2D eigenvalue weighted by Crippen LogP contribution is 2.22. The van der Waals surface area contributed by atoms with Gasteiger partial charge in [-0.25, -0.2) is 4.98 Å². The Morgan fingerprint density at radius 2 is 1.95 bits per heavy atom. The molecule has 3 rings (SSSR count). The van der Waals surface area contributed by atoms with Gasteiger partial charge >= 0.3 is 0 Å². The number of hydrogen-bond acceptors (Lipinski definition) is 6. The molecule has 7 nitrogen and oxygen atoms in total. The average molecular weight is 281 g/mol. The van der Waals surface area contributed by atoms with Gasteiger partial charge < -0.3 is 10.6 Å². The first kappa shape index (κ1) is 13.0. The number of nitrogens with zero attached hydrogens (tertiary/aromatic N) is 6. The predicted octanol–water partition coefficient (Wildman–Crippen LogP) is 1.80. The highest BCUT2D eigenvalue weighted by Gasteiger charge is 2.13. The van der Waals surface area contributed by atoms with Crippen LogP contribution in [-0.4, -0.2) is 31.0 Å². The van der Waals surface area contributed by atoms with Crippen LogP contribution in [0.2, 0.25) is 0 Å². The molecule has 0 aliphatic heterocycles. The molecule has 0 saturated heterocycles. The fraction of sp³-hybridized carbons (Fsp3) is 0.143. The fourth-order valence-corrected chi connectivity index (χ4v) is 2.03. The van der Waals surface area contributed by atoms with E-state index in [2.05, 4.69) is 19.9 Å². The topological polar surface area (TPSA) is 85.8 Å². The van der Waals surface area contributed by atoms with Gasteiger partial charge in [0, 0.05) is 24.6 Å². The van der Waals surface area contributed by atoms with E-state index in [9.17, 15) is 0 Å². The minimum Gasteiger partial charge on any atom is -0.368 e. The number of nitrogens with two attached hydrogens (primary N) is 1. The molecule has 21 heavy (non-hydrogen) atoms. The standard InChI is InChI=1S/C14H15N7/c1-2-21(11-6-4-3-5-7-11)14-18-12(15)17-13(19-14)20-9-8-16-10-20/h3-10H,2H2,1H3,(H2,15,17,18,19). The summed E-state index contributed by atoms with van der Waals surface area (Å²) in [7, 11) is 0. The van der Waals surface area contributed by atoms with Gasteiger partial charge in [-0.1, -0.05) is 18.2 Å². The SMILES string of the molecule is CCN(c1ccccc1)c1nc(N)nc(-n2ccnc2)n1. The van der Waals surface area contributed by atoms with Crippen molar-refractivity contribution >= 4 is 17.6 Å². The lowest BCUT2D eigenvalue weighted by Crippen LogP contribution is -2.21. The second kappa shape index (κ2) is 5.58. The third-order valence-corrected chi connectivity index (χ3v) is 2.99. The minimum absolute atomic E-state index is 0.179. The maximum atomic E-state index is 5.81. The summed E-state index contributed by atoms with van der Waals surface area (Å²) in [4.78, 5) is 18.8. The van der Waals surface area contributed by atoms with E-state index in [0.717, 1.165) is 12.2 Å². The van der Waals surface area contributed by atoms with E-state index in [1.807, 2.05) is 42.2 Å². The Kier molecular flexibility index (Phi) is 3.46. The summed E-state index contributed by atoms with van der Waals surface area (Å²) in [6.45, 7) is 2.75. The number of benzene rings is 1. The second-order valence-corrected chi connectivity index (χ2v) is 4.34. The zero-order valence-corrected chi connectivity index (χ0v) is 11.6. The largest absolute Gasteiger partial charge is 0.368 e. The van der Waals surface area contributed by atoms with Crippen LogP contribution in [0.4, 0.5) is 17.6 Å². The molecular formula is C14H15N7. The molecule has 1 aromatic carbocycles. The number of imidazole rings is 1. The summed E-state index contributed by atoms with van der Waals surface area (Å²) < 4.78 is 1.69. The molecule has 7 heteroatoms. The van der Waals surface area contributed by atoms with Crippen molar-refractivity contribution in [3.63, 3.8) is 0 Å². The first-order valence-electron chi connectivity index (χ1n) is 6.60. The van der Waals surface area contributed by atoms with E-state index in [1.54, 1.807) is 23.3 Å². The van der Waals surface area contributed by atoms with Gasteiger partial charge in [-0.15, -0.1) is 0 Å². The monoisotopic (exact) mass is 281 g/mol. The summed E-state index contributed by atoms with van der Waals surface area (Å²) in [5, 5.41) is 0. The van der Waals surface area contributed by atoms with Crippen molar-refractivity contribution in [2.24, 2.45) is 0 Å². The molecule has 2 aromatic heterocycles. The minimum atomic E-state index is 0.179. The van der Waals surface area contributed by atoms with Crippen molar-refractivity contribution in [3.8, 4) is 5.95 Å². The fourth-order valence-electron chi connectivity index (χ4n) is 2.03. The Labute approximate surface area is 122 Å². The van der Waals surface area contributed by atoms with Crippen molar-refractivity contribution in [3.05, 3.63) is 49.1 Å². The highest BCUT2D eigenvalue weighted by molar-refractivity contribution is 5.57. The van der Waals surface area contributed by atoms with Crippen molar-refractivity contribution in [1.29, 1.82) is 0 Å². The zero-order chi connectivity index (χ0) is 14.7. The molecule has 0 spiro atoms. The maximum Gasteiger partial charge on any atom is 0.241 e. The Hall–Kier alpha value is -2.96. The number of anilines is 3. The van der Waals surface area contributed by atoms with Crippen LogP contribution < -0.4 is 10.6 Å². The molecule has 0 atom stereocenters. The van der Waals surface area contributed by atoms with Gasteiger partial charge in [0.15, 0.2) is 0 Å². The summed E-state index contributed by atoms with van der Waals surface area (Å²) in [5.41, 5.74) is 6.82. The van der Waals surface area contributed by atoms with Gasteiger partial charge in [0.1, 0.15) is 6.33 Å². The molecule has 0 bridgehead atoms. The Morgan fingerprint density at radius 1 is 1.14 bits per heavy atom. The summed E-state index contributed by atoms with van der Waals surface area (Å²) in [6.07, 6.45) is 5.04. The van der Waals surface area contributed by atoms with Crippen molar-refractivity contribution < 1.29 is 0 Å². The number of nitrogen functional groups attached to an aromatic ring is 1. The van der Waals surface area contributed by atoms with Gasteiger partial charge in [-0.05, 0) is 19.1 Å². The molecular weight excluding hydrogens is 266 g/mol. The molecule has 0 amide bonds. The third kappa shape index (κ3) is 2.66. The van der Waals surface area contributed by atoms with E-state index >= 15 is 0 Å². The number of para-hydroxylation sites is 1. The molecule has 0 aliphatic rings. The third-order valence-electron chi connectivity index (χ3n) is 2.99. The van der Waals surface area contributed by atoms with Gasteiger partial charge in [-0.2, -0.15) is 15.0 Å². The van der Waals surface area contributed by atoms with Crippen LogP contribution >= 0.6 is 0 Å². The van der Waals surface area contributed by atoms with Crippen LogP contribution in [0.15, 0.2) is 49.1 Å². The van der Waals surface area contributed by atoms with Gasteiger partial charge in [0.2, 0.25) is 17.8 Å². The van der Waals surface area contributed by atoms with Crippen LogP contribution in [0.3, 0.4) is 0 Å². The normalized spacial score (nSPS) is 10.5. The first-order valence-corrected chi connectivity index (χ1v) is 6.60. The summed E-state index contributed by atoms with van der Waals surface area (Å²) >= 11 is 0. The molecule has 3 aromatic rings. The van der Waals surface area contributed by atoms with Gasteiger partial charge in [-0.3, -0.25) is 4.57 Å². The van der Waals surface area contributed by atoms with E-state index in [-0.39, 0.29) is 5.95 Å². The Morgan fingerprint density at radius 3 is 2.62 bits per heavy atom. The average Bonchev–Trinajstić information content (AvgIpc) is 3.03. The lowest BCUT2D eigenvalue weighted by atomic mass is 10.3. The van der Waals surface area contributed by atoms with Crippen LogP contribution in [0.5, 0.6) is 0 Å². The predicted molar refractivity (Wildman–Crippen MR) is 80.5 cm³/mol. The first-order chi connectivity index (χ1) is 10.3. The summed E-state index contributed by atoms with van der Waals surface area (Å²) in [6, 6.07) is 9.91. The van der Waals surface area contributed by atoms with E-state index in [4.69, 9.17) is 5.73 Å². The van der Waals surface area contributed by atoms with Crippen LogP contribution in [0.25, 0.3) is 5.95 Å². The van der Waals surface area contributed by atoms with E-state index in [0.29, 0.717) is 11.9 Å². The highest BCUT2D eigenvalue weighted by atomic mass is 15.3. The molecule has 0 fully saturated rings.